The first-order valence-corrected chi connectivity index (χ1v) is 5.97. The molecule has 1 heterocycles. The fourth-order valence-corrected chi connectivity index (χ4v) is 1.89. The second kappa shape index (κ2) is 5.10. The van der Waals surface area contributed by atoms with E-state index in [2.05, 4.69) is 0 Å². The zero-order valence-corrected chi connectivity index (χ0v) is 10.9. The second-order valence-corrected chi connectivity index (χ2v) is 4.61. The average Bonchev–Trinajstić information content (AvgIpc) is 2.34. The van der Waals surface area contributed by atoms with Gasteiger partial charge in [0, 0.05) is 24.5 Å². The molecule has 0 spiro atoms. The molecule has 4 nitrogen and oxygen atoms in total. The van der Waals surface area contributed by atoms with E-state index in [1.807, 2.05) is 31.2 Å². The van der Waals surface area contributed by atoms with E-state index in [4.69, 9.17) is 5.11 Å². The average molecular weight is 257 g/mol. The van der Waals surface area contributed by atoms with Crippen LogP contribution < -0.4 is 5.43 Å². The van der Waals surface area contributed by atoms with Crippen LogP contribution in [-0.4, -0.2) is 15.6 Å². The maximum Gasteiger partial charge on any atom is 0.341 e. The minimum absolute atomic E-state index is 0.197. The largest absolute Gasteiger partial charge is 0.477 e. The number of hydrogen-bond donors (Lipinski definition) is 1. The molecule has 4 heteroatoms. The molecular weight excluding hydrogens is 242 g/mol. The minimum atomic E-state index is -1.19. The highest BCUT2D eigenvalue weighted by atomic mass is 16.4. The van der Waals surface area contributed by atoms with Crippen molar-refractivity contribution in [3.05, 3.63) is 69.1 Å². The van der Waals surface area contributed by atoms with Crippen LogP contribution in [-0.2, 0) is 6.54 Å². The highest BCUT2D eigenvalue weighted by molar-refractivity contribution is 5.87. The third kappa shape index (κ3) is 2.91. The van der Waals surface area contributed by atoms with Gasteiger partial charge >= 0.3 is 5.97 Å². The van der Waals surface area contributed by atoms with Gasteiger partial charge in [-0.25, -0.2) is 4.79 Å². The molecule has 0 bridgehead atoms. The number of nitrogens with zero attached hydrogens (tertiary/aromatic N) is 1. The van der Waals surface area contributed by atoms with Gasteiger partial charge in [0.15, 0.2) is 5.43 Å². The number of carboxylic acid groups (broad SMARTS) is 1. The summed E-state index contributed by atoms with van der Waals surface area (Å²) in [6.45, 7) is 4.35. The van der Waals surface area contributed by atoms with Crippen LogP contribution in [0.15, 0.2) is 41.3 Å². The molecule has 0 saturated carbocycles. The SMILES string of the molecule is Cc1ccc(Cn2cc(C(=O)O)c(=O)cc2C)cc1. The van der Waals surface area contributed by atoms with Gasteiger partial charge in [0.25, 0.3) is 0 Å². The van der Waals surface area contributed by atoms with Gasteiger partial charge in [-0.3, -0.25) is 4.79 Å². The number of carboxylic acids is 1. The summed E-state index contributed by atoms with van der Waals surface area (Å²) in [6.07, 6.45) is 1.40. The molecule has 0 fully saturated rings. The maximum atomic E-state index is 11.5. The molecule has 0 atom stereocenters. The van der Waals surface area contributed by atoms with Crippen molar-refractivity contribution in [2.24, 2.45) is 0 Å². The van der Waals surface area contributed by atoms with Crippen molar-refractivity contribution in [3.63, 3.8) is 0 Å². The molecule has 1 aromatic heterocycles. The van der Waals surface area contributed by atoms with Crippen LogP contribution in [0.2, 0.25) is 0 Å². The molecule has 0 aliphatic carbocycles. The second-order valence-electron chi connectivity index (χ2n) is 4.61. The maximum absolute atomic E-state index is 11.5. The summed E-state index contributed by atoms with van der Waals surface area (Å²) in [4.78, 5) is 22.5. The van der Waals surface area contributed by atoms with E-state index in [9.17, 15) is 9.59 Å². The van der Waals surface area contributed by atoms with Gasteiger partial charge in [-0.05, 0) is 19.4 Å². The summed E-state index contributed by atoms with van der Waals surface area (Å²) in [5, 5.41) is 8.97. The lowest BCUT2D eigenvalue weighted by Crippen LogP contribution is -2.19. The molecule has 98 valence electrons. The summed E-state index contributed by atoms with van der Waals surface area (Å²) in [5.74, 6) is -1.19. The number of hydrogen-bond acceptors (Lipinski definition) is 2. The van der Waals surface area contributed by atoms with Crippen LogP contribution in [0, 0.1) is 13.8 Å². The number of carbonyl (C=O) groups is 1. The topological polar surface area (TPSA) is 59.3 Å². The number of aromatic carboxylic acids is 1. The van der Waals surface area contributed by atoms with Crippen LogP contribution in [0.1, 0.15) is 27.2 Å². The Labute approximate surface area is 110 Å². The molecule has 0 amide bonds. The van der Waals surface area contributed by atoms with Crippen LogP contribution in [0.4, 0.5) is 0 Å². The Morgan fingerprint density at radius 2 is 1.84 bits per heavy atom. The quantitative estimate of drug-likeness (QED) is 0.917. The standard InChI is InChI=1S/C15H15NO3/c1-10-3-5-12(6-4-10)8-16-9-13(15(18)19)14(17)7-11(16)2/h3-7,9H,8H2,1-2H3,(H,18,19). The number of rotatable bonds is 3. The van der Waals surface area contributed by atoms with Gasteiger partial charge in [-0.2, -0.15) is 0 Å². The first-order valence-electron chi connectivity index (χ1n) is 5.97. The Morgan fingerprint density at radius 1 is 1.21 bits per heavy atom. The van der Waals surface area contributed by atoms with E-state index < -0.39 is 11.4 Å². The molecule has 0 unspecified atom stereocenters. The van der Waals surface area contributed by atoms with E-state index in [-0.39, 0.29) is 5.56 Å². The third-order valence-electron chi connectivity index (χ3n) is 3.05. The van der Waals surface area contributed by atoms with Crippen LogP contribution in [0.5, 0.6) is 0 Å². The summed E-state index contributed by atoms with van der Waals surface area (Å²) < 4.78 is 1.77. The van der Waals surface area contributed by atoms with E-state index in [0.717, 1.165) is 11.3 Å². The molecule has 0 aliphatic rings. The Hall–Kier alpha value is -2.36. The van der Waals surface area contributed by atoms with Gasteiger partial charge in [-0.15, -0.1) is 0 Å². The molecular formula is C15H15NO3. The first-order chi connectivity index (χ1) is 8.97. The van der Waals surface area contributed by atoms with Gasteiger partial charge in [0.2, 0.25) is 0 Å². The van der Waals surface area contributed by atoms with E-state index in [1.54, 1.807) is 11.5 Å². The van der Waals surface area contributed by atoms with Crippen molar-refractivity contribution in [2.75, 3.05) is 0 Å². The van der Waals surface area contributed by atoms with Crippen molar-refractivity contribution in [3.8, 4) is 0 Å². The van der Waals surface area contributed by atoms with E-state index >= 15 is 0 Å². The number of aromatic nitrogens is 1. The predicted molar refractivity (Wildman–Crippen MR) is 72.7 cm³/mol. The van der Waals surface area contributed by atoms with Crippen LogP contribution in [0.25, 0.3) is 0 Å². The molecule has 2 aromatic rings. The van der Waals surface area contributed by atoms with E-state index in [0.29, 0.717) is 6.54 Å². The van der Waals surface area contributed by atoms with Crippen molar-refractivity contribution in [1.82, 2.24) is 4.57 Å². The normalized spacial score (nSPS) is 10.4. The summed E-state index contributed by atoms with van der Waals surface area (Å²) in [7, 11) is 0. The van der Waals surface area contributed by atoms with Crippen molar-refractivity contribution < 1.29 is 9.90 Å². The molecule has 2 rings (SSSR count). The van der Waals surface area contributed by atoms with Crippen molar-refractivity contribution >= 4 is 5.97 Å². The summed E-state index contributed by atoms with van der Waals surface area (Å²) in [6, 6.07) is 9.36. The van der Waals surface area contributed by atoms with Gasteiger partial charge < -0.3 is 9.67 Å². The van der Waals surface area contributed by atoms with Gasteiger partial charge in [0.1, 0.15) is 5.56 Å². The molecule has 1 aromatic carbocycles. The lowest BCUT2D eigenvalue weighted by Gasteiger charge is -2.11. The number of pyridine rings is 1. The van der Waals surface area contributed by atoms with Gasteiger partial charge in [-0.1, -0.05) is 29.8 Å². The Balaban J connectivity index is 2.39. The summed E-state index contributed by atoms with van der Waals surface area (Å²) >= 11 is 0. The highest BCUT2D eigenvalue weighted by Crippen LogP contribution is 2.08. The fraction of sp³-hybridized carbons (Fsp3) is 0.200. The molecule has 1 N–H and O–H groups in total. The summed E-state index contributed by atoms with van der Waals surface area (Å²) in [5.41, 5.74) is 2.33. The predicted octanol–water partition coefficient (Wildman–Crippen LogP) is 2.21. The Kier molecular flexibility index (Phi) is 3.51. The zero-order chi connectivity index (χ0) is 14.0. The monoisotopic (exact) mass is 257 g/mol. The number of aryl methyl sites for hydroxylation is 2. The molecule has 0 aliphatic heterocycles. The lowest BCUT2D eigenvalue weighted by atomic mass is 10.1. The molecule has 19 heavy (non-hydrogen) atoms. The highest BCUT2D eigenvalue weighted by Gasteiger charge is 2.10. The van der Waals surface area contributed by atoms with Crippen molar-refractivity contribution in [1.29, 1.82) is 0 Å². The minimum Gasteiger partial charge on any atom is -0.477 e. The Morgan fingerprint density at radius 3 is 2.42 bits per heavy atom. The van der Waals surface area contributed by atoms with Crippen LogP contribution in [0.3, 0.4) is 0 Å². The fourth-order valence-electron chi connectivity index (χ4n) is 1.89. The molecule has 0 radical (unpaired) electrons. The lowest BCUT2D eigenvalue weighted by molar-refractivity contribution is 0.0694. The van der Waals surface area contributed by atoms with Gasteiger partial charge in [0.05, 0.1) is 0 Å². The molecule has 0 saturated heterocycles. The smallest absolute Gasteiger partial charge is 0.341 e. The van der Waals surface area contributed by atoms with Crippen molar-refractivity contribution in [2.45, 2.75) is 20.4 Å². The van der Waals surface area contributed by atoms with Crippen LogP contribution >= 0.6 is 0 Å². The van der Waals surface area contributed by atoms with E-state index in [1.165, 1.54) is 17.8 Å². The first kappa shape index (κ1) is 13.1. The zero-order valence-electron chi connectivity index (χ0n) is 10.9. The third-order valence-corrected chi connectivity index (χ3v) is 3.05. The number of benzene rings is 1. The Bertz CT molecular complexity index is 669.